The second kappa shape index (κ2) is 7.75. The van der Waals surface area contributed by atoms with E-state index < -0.39 is 9.84 Å². The molecule has 0 unspecified atom stereocenters. The molecule has 29 heavy (non-hydrogen) atoms. The van der Waals surface area contributed by atoms with Crippen LogP contribution in [0, 0.1) is 6.92 Å². The van der Waals surface area contributed by atoms with E-state index in [-0.39, 0.29) is 16.8 Å². The molecule has 152 valence electrons. The molecule has 0 saturated heterocycles. The first kappa shape index (κ1) is 20.7. The molecule has 0 heterocycles. The highest BCUT2D eigenvalue weighted by Crippen LogP contribution is 2.29. The second-order valence-corrected chi connectivity index (χ2v) is 9.07. The van der Waals surface area contributed by atoms with Gasteiger partial charge in [0.25, 0.3) is 5.91 Å². The first-order valence-electron chi connectivity index (χ1n) is 9.09. The molecule has 1 atom stereocenters. The van der Waals surface area contributed by atoms with Crippen molar-refractivity contribution in [2.75, 3.05) is 19.1 Å². The smallest absolute Gasteiger partial charge is 0.251 e. The maximum Gasteiger partial charge on any atom is 0.251 e. The van der Waals surface area contributed by atoms with Gasteiger partial charge in [-0.15, -0.1) is 0 Å². The number of benzene rings is 3. The molecule has 0 aliphatic heterocycles. The van der Waals surface area contributed by atoms with Gasteiger partial charge in [0, 0.05) is 17.5 Å². The maximum atomic E-state index is 12.7. The minimum Gasteiger partial charge on any atom is -0.497 e. The number of nitrogens with two attached hydrogens (primary N) is 1. The lowest BCUT2D eigenvalue weighted by Gasteiger charge is -2.19. The predicted octanol–water partition coefficient (Wildman–Crippen LogP) is 3.63. The van der Waals surface area contributed by atoms with Crippen LogP contribution < -0.4 is 15.8 Å². The van der Waals surface area contributed by atoms with Crippen molar-refractivity contribution >= 4 is 32.2 Å². The summed E-state index contributed by atoms with van der Waals surface area (Å²) in [4.78, 5) is 12.9. The largest absolute Gasteiger partial charge is 0.497 e. The lowest BCUT2D eigenvalue weighted by Crippen LogP contribution is -2.27. The predicted molar refractivity (Wildman–Crippen MR) is 115 cm³/mol. The Balaban J connectivity index is 1.85. The van der Waals surface area contributed by atoms with Crippen LogP contribution in [-0.4, -0.2) is 27.7 Å². The van der Waals surface area contributed by atoms with E-state index in [4.69, 9.17) is 10.5 Å². The minimum absolute atomic E-state index is 0.197. The van der Waals surface area contributed by atoms with Gasteiger partial charge in [0.1, 0.15) is 5.75 Å². The van der Waals surface area contributed by atoms with Crippen molar-refractivity contribution in [3.63, 3.8) is 0 Å². The van der Waals surface area contributed by atoms with E-state index in [1.165, 1.54) is 6.07 Å². The van der Waals surface area contributed by atoms with Crippen molar-refractivity contribution < 1.29 is 17.9 Å². The lowest BCUT2D eigenvalue weighted by molar-refractivity contribution is 0.0940. The van der Waals surface area contributed by atoms with Crippen molar-refractivity contribution in [1.29, 1.82) is 0 Å². The van der Waals surface area contributed by atoms with Crippen LogP contribution in [0.25, 0.3) is 10.8 Å². The standard InChI is InChI=1S/C22H24N2O4S/c1-13-20(29(4,26)27)10-9-19(21(13)23)14(2)24-22(25)17-6-5-16-12-18(28-3)8-7-15(16)11-17/h5-12,14H,23H2,1-4H3,(H,24,25)/t14-/m1/s1. The zero-order valence-corrected chi connectivity index (χ0v) is 17.6. The molecule has 3 N–H and O–H groups in total. The lowest BCUT2D eigenvalue weighted by atomic mass is 10.0. The van der Waals surface area contributed by atoms with E-state index in [0.717, 1.165) is 22.8 Å². The van der Waals surface area contributed by atoms with Crippen molar-refractivity contribution in [2.24, 2.45) is 0 Å². The number of fused-ring (bicyclic) bond motifs is 1. The average molecular weight is 413 g/mol. The van der Waals surface area contributed by atoms with Crippen LogP contribution in [0.2, 0.25) is 0 Å². The summed E-state index contributed by atoms with van der Waals surface area (Å²) >= 11 is 0. The van der Waals surface area contributed by atoms with Gasteiger partial charge < -0.3 is 15.8 Å². The third-order valence-electron chi connectivity index (χ3n) is 5.02. The number of sulfone groups is 1. The molecule has 7 heteroatoms. The molecule has 3 aromatic carbocycles. The molecule has 0 fully saturated rings. The van der Waals surface area contributed by atoms with Gasteiger partial charge in [0.15, 0.2) is 9.84 Å². The van der Waals surface area contributed by atoms with Gasteiger partial charge in [-0.2, -0.15) is 0 Å². The zero-order chi connectivity index (χ0) is 21.3. The summed E-state index contributed by atoms with van der Waals surface area (Å²) in [5.74, 6) is 0.520. The molecule has 1 amide bonds. The van der Waals surface area contributed by atoms with Crippen molar-refractivity contribution in [3.05, 3.63) is 65.2 Å². The molecule has 3 aromatic rings. The van der Waals surface area contributed by atoms with Gasteiger partial charge in [0.2, 0.25) is 0 Å². The van der Waals surface area contributed by atoms with Crippen LogP contribution in [0.1, 0.15) is 34.5 Å². The number of hydrogen-bond donors (Lipinski definition) is 2. The fourth-order valence-corrected chi connectivity index (χ4v) is 4.34. The Kier molecular flexibility index (Phi) is 5.53. The van der Waals surface area contributed by atoms with Gasteiger partial charge in [-0.05, 0) is 66.1 Å². The third kappa shape index (κ3) is 4.19. The normalized spacial score (nSPS) is 12.6. The second-order valence-electron chi connectivity index (χ2n) is 7.09. The molecular formula is C22H24N2O4S. The molecular weight excluding hydrogens is 388 g/mol. The Morgan fingerprint density at radius 1 is 1.07 bits per heavy atom. The molecule has 0 aliphatic rings. The van der Waals surface area contributed by atoms with Crippen LogP contribution in [0.5, 0.6) is 5.75 Å². The van der Waals surface area contributed by atoms with Gasteiger partial charge in [-0.3, -0.25) is 4.79 Å². The Hall–Kier alpha value is -3.06. The Bertz CT molecular complexity index is 1200. The quantitative estimate of drug-likeness (QED) is 0.624. The first-order valence-corrected chi connectivity index (χ1v) is 11.0. The van der Waals surface area contributed by atoms with Crippen LogP contribution in [0.4, 0.5) is 5.69 Å². The highest BCUT2D eigenvalue weighted by Gasteiger charge is 2.19. The summed E-state index contributed by atoms with van der Waals surface area (Å²) in [5, 5.41) is 4.84. The number of carbonyl (C=O) groups excluding carboxylic acids is 1. The van der Waals surface area contributed by atoms with Crippen LogP contribution >= 0.6 is 0 Å². The summed E-state index contributed by atoms with van der Waals surface area (Å²) in [7, 11) is -1.76. The number of nitrogen functional groups attached to an aromatic ring is 1. The third-order valence-corrected chi connectivity index (χ3v) is 6.26. The fraction of sp³-hybridized carbons (Fsp3) is 0.227. The fourth-order valence-electron chi connectivity index (χ4n) is 3.36. The number of ether oxygens (including phenoxy) is 1. The summed E-state index contributed by atoms with van der Waals surface area (Å²) in [6.07, 6.45) is 1.15. The zero-order valence-electron chi connectivity index (χ0n) is 16.8. The number of nitrogens with one attached hydrogen (secondary N) is 1. The summed E-state index contributed by atoms with van der Waals surface area (Å²) in [6.45, 7) is 3.48. The van der Waals surface area contributed by atoms with Crippen LogP contribution in [-0.2, 0) is 9.84 Å². The van der Waals surface area contributed by atoms with E-state index in [1.807, 2.05) is 37.3 Å². The monoisotopic (exact) mass is 412 g/mol. The molecule has 0 aliphatic carbocycles. The van der Waals surface area contributed by atoms with Gasteiger partial charge in [-0.25, -0.2) is 8.42 Å². The Morgan fingerprint density at radius 3 is 2.38 bits per heavy atom. The maximum absolute atomic E-state index is 12.7. The van der Waals surface area contributed by atoms with Crippen molar-refractivity contribution in [1.82, 2.24) is 5.32 Å². The van der Waals surface area contributed by atoms with Crippen LogP contribution in [0.15, 0.2) is 53.4 Å². The van der Waals surface area contributed by atoms with Crippen molar-refractivity contribution in [3.8, 4) is 5.75 Å². The topological polar surface area (TPSA) is 98.5 Å². The minimum atomic E-state index is -3.37. The highest BCUT2D eigenvalue weighted by molar-refractivity contribution is 7.90. The number of amides is 1. The summed E-state index contributed by atoms with van der Waals surface area (Å²) in [6, 6.07) is 13.9. The average Bonchev–Trinajstić information content (AvgIpc) is 2.67. The highest BCUT2D eigenvalue weighted by atomic mass is 32.2. The van der Waals surface area contributed by atoms with Gasteiger partial charge in [-0.1, -0.05) is 18.2 Å². The Morgan fingerprint density at radius 2 is 1.72 bits per heavy atom. The molecule has 0 saturated carbocycles. The van der Waals surface area contributed by atoms with Gasteiger partial charge >= 0.3 is 0 Å². The number of rotatable bonds is 5. The molecule has 0 aromatic heterocycles. The number of anilines is 1. The molecule has 3 rings (SSSR count). The number of hydrogen-bond acceptors (Lipinski definition) is 5. The van der Waals surface area contributed by atoms with E-state index in [2.05, 4.69) is 5.32 Å². The molecule has 0 spiro atoms. The SMILES string of the molecule is COc1ccc2cc(C(=O)N[C@H](C)c3ccc(S(C)(=O)=O)c(C)c3N)ccc2c1. The van der Waals surface area contributed by atoms with Gasteiger partial charge in [0.05, 0.1) is 18.0 Å². The van der Waals surface area contributed by atoms with E-state index >= 15 is 0 Å². The molecule has 0 bridgehead atoms. The Labute approximate surface area is 170 Å². The number of methoxy groups -OCH3 is 1. The summed E-state index contributed by atoms with van der Waals surface area (Å²) in [5.41, 5.74) is 8.23. The number of carbonyl (C=O) groups is 1. The van der Waals surface area contributed by atoms with E-state index in [1.54, 1.807) is 26.2 Å². The van der Waals surface area contributed by atoms with E-state index in [0.29, 0.717) is 22.4 Å². The van der Waals surface area contributed by atoms with Crippen LogP contribution in [0.3, 0.4) is 0 Å². The summed E-state index contributed by atoms with van der Waals surface area (Å²) < 4.78 is 29.0. The van der Waals surface area contributed by atoms with E-state index in [9.17, 15) is 13.2 Å². The molecule has 6 nitrogen and oxygen atoms in total. The molecule has 0 radical (unpaired) electrons. The first-order chi connectivity index (χ1) is 13.6. The van der Waals surface area contributed by atoms with Crippen molar-refractivity contribution in [2.45, 2.75) is 24.8 Å².